The van der Waals surface area contributed by atoms with Gasteiger partial charge in [0, 0.05) is 11.6 Å². The Hall–Kier alpha value is -4.21. The molecule has 0 aliphatic carbocycles. The zero-order valence-electron chi connectivity index (χ0n) is 21.3. The van der Waals surface area contributed by atoms with Crippen molar-refractivity contribution in [2.75, 3.05) is 14.2 Å². The number of carbonyl (C=O) groups is 2. The van der Waals surface area contributed by atoms with Crippen molar-refractivity contribution in [1.82, 2.24) is 4.57 Å². The molecule has 198 valence electrons. The second-order valence-electron chi connectivity index (χ2n) is 8.59. The number of hydrogen-bond donors (Lipinski definition) is 0. The molecule has 0 saturated heterocycles. The molecule has 0 bridgehead atoms. The minimum absolute atomic E-state index is 0.312. The summed E-state index contributed by atoms with van der Waals surface area (Å²) in [6.45, 7) is 1.91. The van der Waals surface area contributed by atoms with Crippen LogP contribution in [-0.4, -0.2) is 30.7 Å². The van der Waals surface area contributed by atoms with Crippen LogP contribution in [0.4, 0.5) is 0 Å². The van der Waals surface area contributed by atoms with E-state index in [0.29, 0.717) is 54.7 Å². The molecule has 0 amide bonds. The van der Waals surface area contributed by atoms with E-state index in [1.165, 1.54) is 30.1 Å². The zero-order valence-corrected chi connectivity index (χ0v) is 22.8. The van der Waals surface area contributed by atoms with Crippen molar-refractivity contribution in [3.63, 3.8) is 0 Å². The first-order valence-electron chi connectivity index (χ1n) is 12.0. The van der Waals surface area contributed by atoms with E-state index in [-0.39, 0.29) is 5.56 Å². The van der Waals surface area contributed by atoms with Gasteiger partial charge in [0.1, 0.15) is 11.5 Å². The molecule has 0 radical (unpaired) electrons. The number of benzene rings is 2. The number of thiazole rings is 1. The van der Waals surface area contributed by atoms with E-state index in [1.54, 1.807) is 36.4 Å². The van der Waals surface area contributed by atoms with Crippen molar-refractivity contribution in [2.45, 2.75) is 19.4 Å². The van der Waals surface area contributed by atoms with E-state index in [4.69, 9.17) is 25.5 Å². The summed E-state index contributed by atoms with van der Waals surface area (Å²) in [7, 11) is 2.62. The Balaban J connectivity index is 1.63. The average molecular weight is 563 g/mol. The summed E-state index contributed by atoms with van der Waals surface area (Å²) in [5, 5.41) is 0.397. The minimum Gasteiger partial charge on any atom is -0.466 e. The average Bonchev–Trinajstić information content (AvgIpc) is 3.55. The molecule has 0 saturated carbocycles. The van der Waals surface area contributed by atoms with Gasteiger partial charge in [0.2, 0.25) is 0 Å². The summed E-state index contributed by atoms with van der Waals surface area (Å²) in [5.74, 6) is -0.186. The second-order valence-corrected chi connectivity index (χ2v) is 10.0. The molecule has 0 unspecified atom stereocenters. The number of aromatic nitrogens is 1. The lowest BCUT2D eigenvalue weighted by molar-refractivity contribution is -0.136. The Bertz CT molecular complexity index is 1800. The number of furan rings is 1. The second kappa shape index (κ2) is 10.9. The smallest absolute Gasteiger partial charge is 0.338 e. The van der Waals surface area contributed by atoms with Gasteiger partial charge in [0.05, 0.1) is 46.7 Å². The van der Waals surface area contributed by atoms with Gasteiger partial charge in [-0.05, 0) is 42.3 Å². The van der Waals surface area contributed by atoms with Crippen LogP contribution < -0.4 is 14.9 Å². The molecule has 0 N–H and O–H groups in total. The third-order valence-electron chi connectivity index (χ3n) is 6.32. The third-order valence-corrected chi connectivity index (χ3v) is 7.63. The zero-order chi connectivity index (χ0) is 27.7. The predicted molar refractivity (Wildman–Crippen MR) is 147 cm³/mol. The number of methoxy groups -OCH3 is 2. The number of nitrogens with zero attached hydrogens (tertiary/aromatic N) is 2. The molecule has 5 rings (SSSR count). The molecule has 2 aromatic heterocycles. The van der Waals surface area contributed by atoms with Crippen LogP contribution >= 0.6 is 22.9 Å². The van der Waals surface area contributed by atoms with Crippen LogP contribution in [0.15, 0.2) is 86.1 Å². The molecule has 1 atom stereocenters. The number of allylic oxidation sites excluding steroid dienone is 1. The van der Waals surface area contributed by atoms with Crippen LogP contribution in [0.5, 0.6) is 0 Å². The van der Waals surface area contributed by atoms with Crippen molar-refractivity contribution < 1.29 is 23.5 Å². The number of esters is 2. The van der Waals surface area contributed by atoms with Crippen LogP contribution in [-0.2, 0) is 14.3 Å². The summed E-state index contributed by atoms with van der Waals surface area (Å²) in [5.41, 5.74) is 2.21. The minimum atomic E-state index is -0.681. The standard InChI is InChI=1S/C29H23ClN2O6S/c1-4-21-24(28(35)37-3)25(16-8-6-5-7-9-16)32-26(33)23(39-29(32)31-21)15-18-11-13-22(38-18)19-14-17(27(34)36-2)10-12-20(19)30/h5-15,25H,4H2,1-3H3/b23-15-/t25-/m1/s1. The third kappa shape index (κ3) is 4.86. The molecule has 3 heterocycles. The molecule has 1 aliphatic rings. The molecule has 10 heteroatoms. The number of hydrogen-bond acceptors (Lipinski definition) is 8. The van der Waals surface area contributed by atoms with E-state index >= 15 is 0 Å². The summed E-state index contributed by atoms with van der Waals surface area (Å²) < 4.78 is 17.8. The van der Waals surface area contributed by atoms with Gasteiger partial charge in [-0.1, -0.05) is 60.2 Å². The van der Waals surface area contributed by atoms with Crippen molar-refractivity contribution in [3.05, 3.63) is 114 Å². The lowest BCUT2D eigenvalue weighted by atomic mass is 9.95. The molecule has 1 aliphatic heterocycles. The molecule has 0 fully saturated rings. The van der Waals surface area contributed by atoms with Crippen molar-refractivity contribution in [2.24, 2.45) is 4.99 Å². The largest absolute Gasteiger partial charge is 0.466 e. The maximum Gasteiger partial charge on any atom is 0.338 e. The van der Waals surface area contributed by atoms with Crippen molar-refractivity contribution in [1.29, 1.82) is 0 Å². The molecular formula is C29H23ClN2O6S. The van der Waals surface area contributed by atoms with Gasteiger partial charge in [-0.25, -0.2) is 14.6 Å². The number of ether oxygens (including phenoxy) is 2. The maximum atomic E-state index is 13.7. The molecule has 2 aromatic carbocycles. The van der Waals surface area contributed by atoms with Gasteiger partial charge in [-0.3, -0.25) is 9.36 Å². The van der Waals surface area contributed by atoms with Crippen molar-refractivity contribution >= 4 is 41.0 Å². The van der Waals surface area contributed by atoms with Gasteiger partial charge in [0.25, 0.3) is 5.56 Å². The highest BCUT2D eigenvalue weighted by Crippen LogP contribution is 2.32. The first-order chi connectivity index (χ1) is 18.9. The first-order valence-corrected chi connectivity index (χ1v) is 13.2. The lowest BCUT2D eigenvalue weighted by Gasteiger charge is -2.25. The van der Waals surface area contributed by atoms with Crippen LogP contribution in [0.2, 0.25) is 5.02 Å². The Labute approximate surface area is 232 Å². The molecule has 4 aromatic rings. The lowest BCUT2D eigenvalue weighted by Crippen LogP contribution is -2.40. The summed E-state index contributed by atoms with van der Waals surface area (Å²) >= 11 is 7.57. The molecule has 8 nitrogen and oxygen atoms in total. The molecule has 39 heavy (non-hydrogen) atoms. The number of halogens is 1. The normalized spacial score (nSPS) is 15.1. The Morgan fingerprint density at radius 2 is 1.82 bits per heavy atom. The monoisotopic (exact) mass is 562 g/mol. The number of carbonyl (C=O) groups excluding carboxylic acids is 2. The van der Waals surface area contributed by atoms with Gasteiger partial charge < -0.3 is 13.9 Å². The summed E-state index contributed by atoms with van der Waals surface area (Å²) in [6.07, 6.45) is 2.12. The van der Waals surface area contributed by atoms with Gasteiger partial charge in [-0.2, -0.15) is 0 Å². The van der Waals surface area contributed by atoms with Crippen LogP contribution in [0.25, 0.3) is 17.4 Å². The summed E-state index contributed by atoms with van der Waals surface area (Å²) in [4.78, 5) is 43.7. The fourth-order valence-corrected chi connectivity index (χ4v) is 5.69. The van der Waals surface area contributed by atoms with Crippen LogP contribution in [0.1, 0.15) is 41.1 Å². The van der Waals surface area contributed by atoms with E-state index in [2.05, 4.69) is 4.99 Å². The van der Waals surface area contributed by atoms with Crippen LogP contribution in [0, 0.1) is 0 Å². The molecule has 0 spiro atoms. The highest BCUT2D eigenvalue weighted by molar-refractivity contribution is 7.07. The maximum absolute atomic E-state index is 13.7. The fourth-order valence-electron chi connectivity index (χ4n) is 4.48. The Morgan fingerprint density at radius 1 is 1.08 bits per heavy atom. The van der Waals surface area contributed by atoms with E-state index in [1.807, 2.05) is 37.3 Å². The molecular weight excluding hydrogens is 540 g/mol. The van der Waals surface area contributed by atoms with E-state index < -0.39 is 18.0 Å². The number of rotatable bonds is 6. The quantitative estimate of drug-likeness (QED) is 0.321. The van der Waals surface area contributed by atoms with Gasteiger partial charge in [-0.15, -0.1) is 0 Å². The number of fused-ring (bicyclic) bond motifs is 1. The summed E-state index contributed by atoms with van der Waals surface area (Å²) in [6, 6.07) is 16.8. The van der Waals surface area contributed by atoms with Gasteiger partial charge >= 0.3 is 11.9 Å². The van der Waals surface area contributed by atoms with Crippen LogP contribution in [0.3, 0.4) is 0 Å². The first kappa shape index (κ1) is 26.4. The SMILES string of the molecule is CCC1=C(C(=O)OC)[C@@H](c2ccccc2)n2c(s/c(=C\c3ccc(-c4cc(C(=O)OC)ccc4Cl)o3)c2=O)=N1. The van der Waals surface area contributed by atoms with E-state index in [0.717, 1.165) is 5.56 Å². The fraction of sp³-hybridized carbons (Fsp3) is 0.172. The predicted octanol–water partition coefficient (Wildman–Crippen LogP) is 4.50. The topological polar surface area (TPSA) is 100 Å². The highest BCUT2D eigenvalue weighted by Gasteiger charge is 2.33. The Kier molecular flexibility index (Phi) is 7.36. The highest BCUT2D eigenvalue weighted by atomic mass is 35.5. The van der Waals surface area contributed by atoms with Gasteiger partial charge in [0.15, 0.2) is 4.80 Å². The Morgan fingerprint density at radius 3 is 2.51 bits per heavy atom. The van der Waals surface area contributed by atoms with E-state index in [9.17, 15) is 14.4 Å². The van der Waals surface area contributed by atoms with Crippen molar-refractivity contribution in [3.8, 4) is 11.3 Å².